The summed E-state index contributed by atoms with van der Waals surface area (Å²) in [6.45, 7) is 11.6. The van der Waals surface area contributed by atoms with Crippen molar-refractivity contribution in [2.45, 2.75) is 45.7 Å². The maximum atomic E-state index is 15.9. The molecule has 1 N–H and O–H groups in total. The molecule has 6 rings (SSSR count). The van der Waals surface area contributed by atoms with Crippen LogP contribution >= 0.6 is 34.8 Å². The second-order valence-corrected chi connectivity index (χ2v) is 12.8. The van der Waals surface area contributed by atoms with Gasteiger partial charge in [-0.25, -0.2) is 13.8 Å². The quantitative estimate of drug-likeness (QED) is 0.122. The van der Waals surface area contributed by atoms with Gasteiger partial charge in [0.05, 0.1) is 43.9 Å². The van der Waals surface area contributed by atoms with Gasteiger partial charge in [0.1, 0.15) is 21.7 Å². The van der Waals surface area contributed by atoms with Gasteiger partial charge in [0.2, 0.25) is 5.91 Å². The minimum Gasteiger partial charge on any atom is -0.366 e. The van der Waals surface area contributed by atoms with Gasteiger partial charge < -0.3 is 14.8 Å². The van der Waals surface area contributed by atoms with Crippen LogP contribution in [0.2, 0.25) is 15.1 Å². The average molecular weight is 685 g/mol. The fourth-order valence-electron chi connectivity index (χ4n) is 6.46. The summed E-state index contributed by atoms with van der Waals surface area (Å²) >= 11 is 19.3. The molecule has 9 nitrogen and oxygen atoms in total. The fourth-order valence-corrected chi connectivity index (χ4v) is 7.18. The Morgan fingerprint density at radius 2 is 1.85 bits per heavy atom. The number of rotatable bonds is 3. The highest BCUT2D eigenvalue weighted by Gasteiger charge is 2.35. The number of anilines is 1. The van der Waals surface area contributed by atoms with Gasteiger partial charge in [-0.1, -0.05) is 55.2 Å². The number of piperazine rings is 1. The number of nitrogens with zero attached hydrogens (tertiary/aromatic N) is 6. The SMILES string of the molecule is C=CC(=O)N1[C@H](C)CN(c2c(C#N)c(=O)n3c4nc(c(Cl)cc24)c2c(F)c(Cl)c(F)c(Cl)c2[nH]c2ccnc(C(C)C)c23)C[C@@H]1C. The van der Waals surface area contributed by atoms with Crippen LogP contribution in [-0.2, 0) is 4.79 Å². The van der Waals surface area contributed by atoms with E-state index in [0.717, 1.165) is 0 Å². The van der Waals surface area contributed by atoms with Gasteiger partial charge in [-0.05, 0) is 38.0 Å². The van der Waals surface area contributed by atoms with Gasteiger partial charge in [-0.15, -0.1) is 0 Å². The number of benzene rings is 1. The van der Waals surface area contributed by atoms with Gasteiger partial charge >= 0.3 is 0 Å². The topological polar surface area (TPSA) is 110 Å². The Hall–Kier alpha value is -4.24. The lowest BCUT2D eigenvalue weighted by molar-refractivity contribution is -0.130. The number of carbonyl (C=O) groups is 1. The maximum Gasteiger partial charge on any atom is 0.276 e. The monoisotopic (exact) mass is 683 g/mol. The van der Waals surface area contributed by atoms with Crippen LogP contribution in [0.15, 0.2) is 35.8 Å². The molecule has 5 heterocycles. The molecule has 1 fully saturated rings. The molecule has 46 heavy (non-hydrogen) atoms. The summed E-state index contributed by atoms with van der Waals surface area (Å²) in [6.07, 6.45) is 2.74. The van der Waals surface area contributed by atoms with E-state index in [1.54, 1.807) is 4.90 Å². The molecule has 1 aliphatic rings. The lowest BCUT2D eigenvalue weighted by atomic mass is 10.0. The van der Waals surface area contributed by atoms with Gasteiger partial charge in [-0.3, -0.25) is 19.0 Å². The molecular formula is C32H26Cl3F2N7O2. The summed E-state index contributed by atoms with van der Waals surface area (Å²) in [5.74, 6) is -2.83. The van der Waals surface area contributed by atoms with Crippen LogP contribution < -0.4 is 10.5 Å². The molecule has 1 amide bonds. The van der Waals surface area contributed by atoms with Gasteiger partial charge in [0.25, 0.3) is 5.56 Å². The van der Waals surface area contributed by atoms with Crippen LogP contribution in [0.4, 0.5) is 14.5 Å². The second kappa shape index (κ2) is 11.5. The number of pyridine rings is 3. The molecule has 4 aromatic heterocycles. The molecule has 236 valence electrons. The van der Waals surface area contributed by atoms with Crippen LogP contribution in [-0.4, -0.2) is 55.3 Å². The Labute approximate surface area is 276 Å². The van der Waals surface area contributed by atoms with E-state index in [-0.39, 0.29) is 86.4 Å². The number of nitriles is 1. The van der Waals surface area contributed by atoms with Crippen LogP contribution in [0, 0.1) is 23.0 Å². The fraction of sp³-hybridized carbons (Fsp3) is 0.281. The third-order valence-electron chi connectivity index (χ3n) is 8.34. The van der Waals surface area contributed by atoms with E-state index in [0.29, 0.717) is 11.1 Å². The molecule has 2 atom stereocenters. The third-order valence-corrected chi connectivity index (χ3v) is 9.31. The first kappa shape index (κ1) is 31.7. The van der Waals surface area contributed by atoms with Crippen molar-refractivity contribution in [2.24, 2.45) is 0 Å². The van der Waals surface area contributed by atoms with Crippen molar-refractivity contribution in [3.8, 4) is 6.07 Å². The van der Waals surface area contributed by atoms with Crippen LogP contribution in [0.25, 0.3) is 38.5 Å². The minimum atomic E-state index is -1.19. The number of amides is 1. The van der Waals surface area contributed by atoms with Crippen LogP contribution in [0.3, 0.4) is 0 Å². The Bertz CT molecular complexity index is 2280. The minimum absolute atomic E-state index is 0.0464. The molecule has 0 unspecified atom stereocenters. The molecule has 0 saturated carbocycles. The van der Waals surface area contributed by atoms with E-state index in [2.05, 4.69) is 22.6 Å². The first-order valence-electron chi connectivity index (χ1n) is 14.3. The predicted molar refractivity (Wildman–Crippen MR) is 177 cm³/mol. The van der Waals surface area contributed by atoms with Crippen molar-refractivity contribution in [2.75, 3.05) is 18.0 Å². The van der Waals surface area contributed by atoms with Crippen molar-refractivity contribution < 1.29 is 13.6 Å². The van der Waals surface area contributed by atoms with Crippen molar-refractivity contribution >= 4 is 84.9 Å². The summed E-state index contributed by atoms with van der Waals surface area (Å²) < 4.78 is 32.3. The summed E-state index contributed by atoms with van der Waals surface area (Å²) in [7, 11) is 0. The lowest BCUT2D eigenvalue weighted by Crippen LogP contribution is -2.58. The number of fused-ring (bicyclic) bond motifs is 5. The van der Waals surface area contributed by atoms with Crippen molar-refractivity contribution in [3.05, 3.63) is 79.3 Å². The second-order valence-electron chi connectivity index (χ2n) is 11.6. The zero-order chi connectivity index (χ0) is 33.4. The molecule has 1 aliphatic heterocycles. The van der Waals surface area contributed by atoms with Gasteiger partial charge in [0, 0.05) is 36.8 Å². The molecule has 0 spiro atoms. The van der Waals surface area contributed by atoms with E-state index in [9.17, 15) is 14.9 Å². The zero-order valence-corrected chi connectivity index (χ0v) is 27.3. The molecule has 14 heteroatoms. The summed E-state index contributed by atoms with van der Waals surface area (Å²) in [4.78, 5) is 43.0. The van der Waals surface area contributed by atoms with E-state index >= 15 is 8.78 Å². The molecular weight excluding hydrogens is 659 g/mol. The Kier molecular flexibility index (Phi) is 7.95. The number of halogens is 5. The van der Waals surface area contributed by atoms with Gasteiger partial charge in [0.15, 0.2) is 17.3 Å². The summed E-state index contributed by atoms with van der Waals surface area (Å²) in [5.41, 5.74) is -0.0661. The third kappa shape index (κ3) is 4.62. The average Bonchev–Trinajstić information content (AvgIpc) is 3.07. The number of aromatic amines is 1. The van der Waals surface area contributed by atoms with Crippen LogP contribution in [0.1, 0.15) is 44.9 Å². The Morgan fingerprint density at radius 3 is 2.46 bits per heavy atom. The van der Waals surface area contributed by atoms with Crippen LogP contribution in [0.5, 0.6) is 0 Å². The number of H-pyrrole nitrogens is 1. The molecule has 0 aliphatic carbocycles. The zero-order valence-electron chi connectivity index (χ0n) is 25.1. The first-order chi connectivity index (χ1) is 21.8. The first-order valence-corrected chi connectivity index (χ1v) is 15.5. The number of hydrogen-bond donors (Lipinski definition) is 1. The number of aromatic nitrogens is 4. The summed E-state index contributed by atoms with van der Waals surface area (Å²) in [6, 6.07) is 4.48. The standard InChI is InChI=1S/C32H26Cl3F2N7O2/c1-6-20(45)43-14(4)11-42(12-15(43)5)29-16-9-18(33)27-21-24(36)22(34)25(37)23(35)28(21)40-19-7-8-39-26(13(2)3)30(19)44(31(16)41-27)32(46)17(29)10-38/h6-9,13-15,40H,1,11-12H2,2-5H3/t14-,15+. The van der Waals surface area contributed by atoms with E-state index < -0.39 is 27.2 Å². The normalized spacial score (nSPS) is 17.0. The largest absolute Gasteiger partial charge is 0.366 e. The molecule has 1 saturated heterocycles. The highest BCUT2D eigenvalue weighted by molar-refractivity contribution is 6.41. The molecule has 5 aromatic rings. The van der Waals surface area contributed by atoms with Crippen molar-refractivity contribution in [1.82, 2.24) is 24.3 Å². The predicted octanol–water partition coefficient (Wildman–Crippen LogP) is 7.28. The summed E-state index contributed by atoms with van der Waals surface area (Å²) in [5, 5.41) is 9.09. The Morgan fingerprint density at radius 1 is 1.17 bits per heavy atom. The highest BCUT2D eigenvalue weighted by atomic mass is 35.5. The number of hydrogen-bond acceptors (Lipinski definition) is 6. The number of nitrogens with one attached hydrogen (secondary N) is 1. The maximum absolute atomic E-state index is 15.9. The Balaban J connectivity index is 1.89. The smallest absolute Gasteiger partial charge is 0.276 e. The van der Waals surface area contributed by atoms with E-state index in [1.165, 1.54) is 28.8 Å². The molecule has 0 radical (unpaired) electrons. The molecule has 2 bridgehead atoms. The van der Waals surface area contributed by atoms with E-state index in [4.69, 9.17) is 39.8 Å². The van der Waals surface area contributed by atoms with E-state index in [1.807, 2.05) is 32.6 Å². The van der Waals surface area contributed by atoms with Crippen molar-refractivity contribution in [1.29, 1.82) is 5.26 Å². The highest BCUT2D eigenvalue weighted by Crippen LogP contribution is 2.40. The van der Waals surface area contributed by atoms with Crippen molar-refractivity contribution in [3.63, 3.8) is 0 Å². The van der Waals surface area contributed by atoms with Gasteiger partial charge in [-0.2, -0.15) is 5.26 Å². The number of carbonyl (C=O) groups excluding carboxylic acids is 1. The molecule has 1 aromatic carbocycles. The lowest BCUT2D eigenvalue weighted by Gasteiger charge is -2.45.